The summed E-state index contributed by atoms with van der Waals surface area (Å²) < 4.78 is 7.44. The summed E-state index contributed by atoms with van der Waals surface area (Å²) in [5, 5.41) is 10.7. The average Bonchev–Trinajstić information content (AvgIpc) is 3.03. The van der Waals surface area contributed by atoms with Crippen LogP contribution in [0, 0.1) is 12.8 Å². The fourth-order valence-corrected chi connectivity index (χ4v) is 4.34. The van der Waals surface area contributed by atoms with Gasteiger partial charge in [0, 0.05) is 45.8 Å². The third kappa shape index (κ3) is 4.42. The smallest absolute Gasteiger partial charge is 0.107 e. The Morgan fingerprint density at radius 2 is 1.93 bits per heavy atom. The Hall–Kier alpha value is -1.83. The summed E-state index contributed by atoms with van der Waals surface area (Å²) in [6, 6.07) is 0. The number of rotatable bonds is 5. The van der Waals surface area contributed by atoms with Gasteiger partial charge in [0.15, 0.2) is 0 Å². The van der Waals surface area contributed by atoms with Crippen molar-refractivity contribution < 1.29 is 9.84 Å². The second-order valence-corrected chi connectivity index (χ2v) is 8.41. The van der Waals surface area contributed by atoms with Gasteiger partial charge in [-0.2, -0.15) is 0 Å². The summed E-state index contributed by atoms with van der Waals surface area (Å²) >= 11 is 0. The van der Waals surface area contributed by atoms with Gasteiger partial charge in [-0.1, -0.05) is 0 Å². The molecule has 152 valence electrons. The van der Waals surface area contributed by atoms with E-state index < -0.39 is 5.60 Å². The summed E-state index contributed by atoms with van der Waals surface area (Å²) in [6.07, 6.45) is 10.3. The van der Waals surface area contributed by atoms with Gasteiger partial charge in [-0.05, 0) is 45.2 Å². The zero-order chi connectivity index (χ0) is 19.6. The molecule has 2 fully saturated rings. The Labute approximate surface area is 166 Å². The second kappa shape index (κ2) is 8.27. The molecule has 2 saturated heterocycles. The lowest BCUT2D eigenvalue weighted by atomic mass is 9.89. The van der Waals surface area contributed by atoms with Gasteiger partial charge in [-0.15, -0.1) is 0 Å². The third-order valence-electron chi connectivity index (χ3n) is 6.31. The molecule has 28 heavy (non-hydrogen) atoms. The Kier molecular flexibility index (Phi) is 5.75. The van der Waals surface area contributed by atoms with Crippen LogP contribution in [0.5, 0.6) is 0 Å². The first kappa shape index (κ1) is 19.5. The highest BCUT2D eigenvalue weighted by molar-refractivity contribution is 5.53. The molecule has 0 unspecified atom stereocenters. The highest BCUT2D eigenvalue weighted by Gasteiger charge is 2.33. The van der Waals surface area contributed by atoms with Gasteiger partial charge in [-0.25, -0.2) is 9.97 Å². The molecule has 4 heterocycles. The number of aromatic nitrogens is 4. The van der Waals surface area contributed by atoms with Gasteiger partial charge in [-0.3, -0.25) is 4.98 Å². The Morgan fingerprint density at radius 1 is 1.18 bits per heavy atom. The number of nitrogens with zero attached hydrogens (tertiary/aromatic N) is 5. The Bertz CT molecular complexity index is 792. The van der Waals surface area contributed by atoms with Gasteiger partial charge in [0.2, 0.25) is 0 Å². The average molecular weight is 386 g/mol. The van der Waals surface area contributed by atoms with Crippen LogP contribution in [0.2, 0.25) is 0 Å². The minimum atomic E-state index is -0.563. The maximum atomic E-state index is 10.7. The first-order valence-corrected chi connectivity index (χ1v) is 10.3. The van der Waals surface area contributed by atoms with Crippen molar-refractivity contribution in [3.63, 3.8) is 0 Å². The molecule has 4 rings (SSSR count). The van der Waals surface area contributed by atoms with E-state index in [-0.39, 0.29) is 0 Å². The molecule has 0 bridgehead atoms. The zero-order valence-electron chi connectivity index (χ0n) is 17.0. The lowest BCUT2D eigenvalue weighted by molar-refractivity contribution is -0.0829. The molecule has 2 aliphatic heterocycles. The lowest BCUT2D eigenvalue weighted by Gasteiger charge is -2.39. The van der Waals surface area contributed by atoms with Gasteiger partial charge < -0.3 is 19.3 Å². The van der Waals surface area contributed by atoms with E-state index in [4.69, 9.17) is 9.72 Å². The summed E-state index contributed by atoms with van der Waals surface area (Å²) in [5.41, 5.74) is 2.38. The van der Waals surface area contributed by atoms with Crippen LogP contribution < -0.4 is 0 Å². The summed E-state index contributed by atoms with van der Waals surface area (Å²) in [4.78, 5) is 16.0. The van der Waals surface area contributed by atoms with E-state index in [9.17, 15) is 5.11 Å². The van der Waals surface area contributed by atoms with Crippen LogP contribution in [-0.4, -0.2) is 68.0 Å². The summed E-state index contributed by atoms with van der Waals surface area (Å²) in [5.74, 6) is 1.60. The van der Waals surface area contributed by atoms with E-state index in [1.54, 1.807) is 0 Å². The largest absolute Gasteiger partial charge is 0.388 e. The van der Waals surface area contributed by atoms with Crippen LogP contribution >= 0.6 is 0 Å². The van der Waals surface area contributed by atoms with Crippen molar-refractivity contribution in [2.75, 3.05) is 32.8 Å². The topological polar surface area (TPSA) is 76.3 Å². The minimum Gasteiger partial charge on any atom is -0.388 e. The predicted molar refractivity (Wildman–Crippen MR) is 107 cm³/mol. The van der Waals surface area contributed by atoms with Crippen molar-refractivity contribution in [1.29, 1.82) is 0 Å². The number of likely N-dealkylation sites (tertiary alicyclic amines) is 1. The molecule has 0 spiro atoms. The van der Waals surface area contributed by atoms with Crippen molar-refractivity contribution in [2.24, 2.45) is 13.0 Å². The monoisotopic (exact) mass is 385 g/mol. The number of β-amino-alcohol motifs (C(OH)–C–C–N with tert-alkyl or cyclic N) is 1. The molecule has 0 saturated carbocycles. The number of aliphatic hydroxyl groups is 1. The minimum absolute atomic E-state index is 0.563. The van der Waals surface area contributed by atoms with Crippen molar-refractivity contribution >= 4 is 0 Å². The van der Waals surface area contributed by atoms with Gasteiger partial charge in [0.25, 0.3) is 0 Å². The van der Waals surface area contributed by atoms with Crippen LogP contribution in [0.15, 0.2) is 18.6 Å². The standard InChI is InChI=1S/C21H31N5O2/c1-16-23-14-20(25(16)2)19-13-22-12-18(24-19)11-17-3-7-26(8-4-17)15-21(27)5-9-28-10-6-21/h12-14,17,27H,3-11,15H2,1-2H3. The zero-order valence-corrected chi connectivity index (χ0v) is 17.0. The first-order valence-electron chi connectivity index (χ1n) is 10.3. The number of hydrogen-bond donors (Lipinski definition) is 1. The number of aryl methyl sites for hydroxylation is 1. The van der Waals surface area contributed by atoms with Crippen LogP contribution in [0.25, 0.3) is 11.4 Å². The van der Waals surface area contributed by atoms with Crippen molar-refractivity contribution in [3.8, 4) is 11.4 Å². The molecule has 0 radical (unpaired) electrons. The van der Waals surface area contributed by atoms with E-state index in [1.807, 2.05) is 37.1 Å². The molecule has 0 amide bonds. The van der Waals surface area contributed by atoms with E-state index in [1.165, 1.54) is 0 Å². The molecule has 2 aromatic heterocycles. The number of piperidine rings is 1. The normalized spacial score (nSPS) is 21.1. The summed E-state index contributed by atoms with van der Waals surface area (Å²) in [7, 11) is 2.01. The van der Waals surface area contributed by atoms with Crippen LogP contribution in [0.4, 0.5) is 0 Å². The first-order chi connectivity index (χ1) is 13.5. The van der Waals surface area contributed by atoms with Gasteiger partial charge in [0.1, 0.15) is 11.5 Å². The van der Waals surface area contributed by atoms with E-state index in [0.29, 0.717) is 19.1 Å². The fourth-order valence-electron chi connectivity index (χ4n) is 4.34. The van der Waals surface area contributed by atoms with E-state index >= 15 is 0 Å². The molecule has 1 N–H and O–H groups in total. The Balaban J connectivity index is 1.32. The van der Waals surface area contributed by atoms with E-state index in [2.05, 4.69) is 14.9 Å². The molecular formula is C21H31N5O2. The Morgan fingerprint density at radius 3 is 2.61 bits per heavy atom. The summed E-state index contributed by atoms with van der Waals surface area (Å²) in [6.45, 7) is 6.21. The number of imidazole rings is 1. The highest BCUT2D eigenvalue weighted by Crippen LogP contribution is 2.26. The molecule has 0 aliphatic carbocycles. The molecule has 7 heteroatoms. The lowest BCUT2D eigenvalue weighted by Crippen LogP contribution is -2.49. The van der Waals surface area contributed by atoms with Crippen LogP contribution in [0.1, 0.15) is 37.2 Å². The number of ether oxygens (including phenoxy) is 1. The van der Waals surface area contributed by atoms with Crippen molar-refractivity contribution in [2.45, 2.75) is 44.6 Å². The maximum Gasteiger partial charge on any atom is 0.107 e. The van der Waals surface area contributed by atoms with E-state index in [0.717, 1.165) is 74.6 Å². The SMILES string of the molecule is Cc1ncc(-c2cncc(CC3CCN(CC4(O)CCOCC4)CC3)n2)n1C. The fraction of sp³-hybridized carbons (Fsp3) is 0.667. The second-order valence-electron chi connectivity index (χ2n) is 8.41. The van der Waals surface area contributed by atoms with Crippen LogP contribution in [0.3, 0.4) is 0 Å². The van der Waals surface area contributed by atoms with Crippen molar-refractivity contribution in [1.82, 2.24) is 24.4 Å². The quantitative estimate of drug-likeness (QED) is 0.848. The molecule has 2 aromatic rings. The molecule has 0 atom stereocenters. The van der Waals surface area contributed by atoms with Gasteiger partial charge in [0.05, 0.1) is 29.4 Å². The van der Waals surface area contributed by atoms with Crippen LogP contribution in [-0.2, 0) is 18.2 Å². The molecule has 2 aliphatic rings. The third-order valence-corrected chi connectivity index (χ3v) is 6.31. The predicted octanol–water partition coefficient (Wildman–Crippen LogP) is 1.98. The molecule has 7 nitrogen and oxygen atoms in total. The number of hydrogen-bond acceptors (Lipinski definition) is 6. The van der Waals surface area contributed by atoms with Crippen molar-refractivity contribution in [3.05, 3.63) is 30.1 Å². The maximum absolute atomic E-state index is 10.7. The highest BCUT2D eigenvalue weighted by atomic mass is 16.5. The molecule has 0 aromatic carbocycles. The van der Waals surface area contributed by atoms with Gasteiger partial charge >= 0.3 is 0 Å². The molecular weight excluding hydrogens is 354 g/mol.